The van der Waals surface area contributed by atoms with E-state index >= 15 is 0 Å². The summed E-state index contributed by atoms with van der Waals surface area (Å²) in [5.41, 5.74) is -0.263. The SMILES string of the molecule is CC(C)O[C@H](C)c1n[nH]c(=O)n1Cc1ccco1. The Morgan fingerprint density at radius 2 is 2.28 bits per heavy atom. The van der Waals surface area contributed by atoms with Gasteiger partial charge in [-0.1, -0.05) is 0 Å². The molecule has 0 bridgehead atoms. The molecule has 0 saturated carbocycles. The normalized spacial score (nSPS) is 13.1. The Kier molecular flexibility index (Phi) is 3.66. The van der Waals surface area contributed by atoms with Crippen LogP contribution in [0.2, 0.25) is 0 Å². The van der Waals surface area contributed by atoms with Crippen LogP contribution in [0.5, 0.6) is 0 Å². The molecule has 6 heteroatoms. The average molecular weight is 251 g/mol. The highest BCUT2D eigenvalue weighted by Gasteiger charge is 2.17. The first-order valence-corrected chi connectivity index (χ1v) is 5.91. The summed E-state index contributed by atoms with van der Waals surface area (Å²) in [6, 6.07) is 3.60. The van der Waals surface area contributed by atoms with Crippen LogP contribution in [0.3, 0.4) is 0 Å². The number of aromatic amines is 1. The highest BCUT2D eigenvalue weighted by molar-refractivity contribution is 5.02. The van der Waals surface area contributed by atoms with Crippen molar-refractivity contribution in [1.29, 1.82) is 0 Å². The summed E-state index contributed by atoms with van der Waals surface area (Å²) in [6.07, 6.45) is 1.40. The lowest BCUT2D eigenvalue weighted by atomic mass is 10.3. The molecule has 0 aromatic carbocycles. The van der Waals surface area contributed by atoms with Gasteiger partial charge in [0.25, 0.3) is 0 Å². The number of aromatic nitrogens is 3. The first-order chi connectivity index (χ1) is 8.58. The van der Waals surface area contributed by atoms with E-state index in [1.54, 1.807) is 12.3 Å². The van der Waals surface area contributed by atoms with Crippen molar-refractivity contribution in [3.63, 3.8) is 0 Å². The van der Waals surface area contributed by atoms with Crippen LogP contribution in [0.4, 0.5) is 0 Å². The third-order valence-corrected chi connectivity index (χ3v) is 2.52. The zero-order chi connectivity index (χ0) is 13.1. The van der Waals surface area contributed by atoms with Crippen LogP contribution in [0.15, 0.2) is 27.6 Å². The summed E-state index contributed by atoms with van der Waals surface area (Å²) >= 11 is 0. The van der Waals surface area contributed by atoms with E-state index in [9.17, 15) is 4.79 Å². The van der Waals surface area contributed by atoms with Crippen LogP contribution in [0.1, 0.15) is 38.5 Å². The molecule has 98 valence electrons. The van der Waals surface area contributed by atoms with Crippen LogP contribution >= 0.6 is 0 Å². The Morgan fingerprint density at radius 1 is 1.50 bits per heavy atom. The molecule has 0 radical (unpaired) electrons. The first kappa shape index (κ1) is 12.6. The van der Waals surface area contributed by atoms with Crippen molar-refractivity contribution in [2.45, 2.75) is 39.5 Å². The number of hydrogen-bond donors (Lipinski definition) is 1. The van der Waals surface area contributed by atoms with Crippen molar-refractivity contribution in [1.82, 2.24) is 14.8 Å². The van der Waals surface area contributed by atoms with Crippen LogP contribution in [0, 0.1) is 0 Å². The largest absolute Gasteiger partial charge is 0.467 e. The van der Waals surface area contributed by atoms with Gasteiger partial charge in [-0.3, -0.25) is 4.57 Å². The number of nitrogens with one attached hydrogen (secondary N) is 1. The number of H-pyrrole nitrogens is 1. The monoisotopic (exact) mass is 251 g/mol. The van der Waals surface area contributed by atoms with Gasteiger partial charge in [0.05, 0.1) is 18.9 Å². The van der Waals surface area contributed by atoms with Gasteiger partial charge in [0, 0.05) is 0 Å². The van der Waals surface area contributed by atoms with Gasteiger partial charge in [-0.25, -0.2) is 9.89 Å². The topological polar surface area (TPSA) is 73.0 Å². The maximum atomic E-state index is 11.7. The van der Waals surface area contributed by atoms with Crippen molar-refractivity contribution in [2.24, 2.45) is 0 Å². The third kappa shape index (κ3) is 2.70. The zero-order valence-corrected chi connectivity index (χ0v) is 10.7. The van der Waals surface area contributed by atoms with Gasteiger partial charge in [0.2, 0.25) is 0 Å². The predicted molar refractivity (Wildman–Crippen MR) is 65.3 cm³/mol. The Morgan fingerprint density at radius 3 is 2.89 bits per heavy atom. The highest BCUT2D eigenvalue weighted by atomic mass is 16.5. The Bertz CT molecular complexity index is 539. The van der Waals surface area contributed by atoms with Crippen LogP contribution in [-0.2, 0) is 11.3 Å². The summed E-state index contributed by atoms with van der Waals surface area (Å²) in [5, 5.41) is 6.45. The molecule has 2 rings (SSSR count). The second-order valence-electron chi connectivity index (χ2n) is 4.38. The van der Waals surface area contributed by atoms with Crippen molar-refractivity contribution in [3.8, 4) is 0 Å². The minimum Gasteiger partial charge on any atom is -0.467 e. The smallest absolute Gasteiger partial charge is 0.343 e. The predicted octanol–water partition coefficient (Wildman–Crippen LogP) is 1.70. The summed E-state index contributed by atoms with van der Waals surface area (Å²) in [4.78, 5) is 11.7. The van der Waals surface area contributed by atoms with E-state index in [4.69, 9.17) is 9.15 Å². The lowest BCUT2D eigenvalue weighted by molar-refractivity contribution is 0.0108. The highest BCUT2D eigenvalue weighted by Crippen LogP contribution is 2.15. The van der Waals surface area contributed by atoms with E-state index < -0.39 is 0 Å². The van der Waals surface area contributed by atoms with E-state index in [1.807, 2.05) is 26.8 Å². The second-order valence-corrected chi connectivity index (χ2v) is 4.38. The molecule has 0 saturated heterocycles. The fourth-order valence-electron chi connectivity index (χ4n) is 1.82. The minimum atomic E-state index is -0.263. The molecule has 1 atom stereocenters. The standard InChI is InChI=1S/C12H17N3O3/c1-8(2)18-9(3)11-13-14-12(16)15(11)7-10-5-4-6-17-10/h4-6,8-9H,7H2,1-3H3,(H,14,16)/t9-/m1/s1. The molecule has 2 heterocycles. The third-order valence-electron chi connectivity index (χ3n) is 2.52. The number of rotatable bonds is 5. The van der Waals surface area contributed by atoms with Gasteiger partial charge in [-0.05, 0) is 32.9 Å². The van der Waals surface area contributed by atoms with Gasteiger partial charge < -0.3 is 9.15 Å². The fourth-order valence-corrected chi connectivity index (χ4v) is 1.82. The van der Waals surface area contributed by atoms with E-state index in [0.717, 1.165) is 0 Å². The Balaban J connectivity index is 2.24. The molecular formula is C12H17N3O3. The lowest BCUT2D eigenvalue weighted by Gasteiger charge is -2.15. The van der Waals surface area contributed by atoms with Gasteiger partial charge in [-0.2, -0.15) is 5.10 Å². The van der Waals surface area contributed by atoms with E-state index in [2.05, 4.69) is 10.2 Å². The summed E-state index contributed by atoms with van der Waals surface area (Å²) in [6.45, 7) is 6.11. The van der Waals surface area contributed by atoms with Crippen molar-refractivity contribution < 1.29 is 9.15 Å². The molecule has 0 aliphatic carbocycles. The Labute approximate surface area is 105 Å². The van der Waals surface area contributed by atoms with E-state index in [1.165, 1.54) is 4.57 Å². The molecule has 2 aromatic rings. The summed E-state index contributed by atoms with van der Waals surface area (Å²) < 4.78 is 12.4. The first-order valence-electron chi connectivity index (χ1n) is 5.91. The molecule has 18 heavy (non-hydrogen) atoms. The summed E-state index contributed by atoms with van der Waals surface area (Å²) in [5.74, 6) is 1.28. The second kappa shape index (κ2) is 5.22. The molecular weight excluding hydrogens is 234 g/mol. The van der Waals surface area contributed by atoms with Crippen LogP contribution in [0.25, 0.3) is 0 Å². The molecule has 1 N–H and O–H groups in total. The molecule has 0 aliphatic rings. The molecule has 6 nitrogen and oxygen atoms in total. The lowest BCUT2D eigenvalue weighted by Crippen LogP contribution is -2.21. The van der Waals surface area contributed by atoms with Crippen molar-refractivity contribution >= 4 is 0 Å². The quantitative estimate of drug-likeness (QED) is 0.877. The van der Waals surface area contributed by atoms with Gasteiger partial charge in [0.1, 0.15) is 11.9 Å². The molecule has 0 unspecified atom stereocenters. The fraction of sp³-hybridized carbons (Fsp3) is 0.500. The number of nitrogens with zero attached hydrogens (tertiary/aromatic N) is 2. The zero-order valence-electron chi connectivity index (χ0n) is 10.7. The van der Waals surface area contributed by atoms with Gasteiger partial charge in [-0.15, -0.1) is 0 Å². The molecule has 0 fully saturated rings. The van der Waals surface area contributed by atoms with Gasteiger partial charge >= 0.3 is 5.69 Å². The van der Waals surface area contributed by atoms with Crippen LogP contribution in [-0.4, -0.2) is 20.9 Å². The molecule has 2 aromatic heterocycles. The molecule has 0 spiro atoms. The van der Waals surface area contributed by atoms with Crippen molar-refractivity contribution in [2.75, 3.05) is 0 Å². The average Bonchev–Trinajstić information content (AvgIpc) is 2.90. The van der Waals surface area contributed by atoms with Crippen LogP contribution < -0.4 is 5.69 Å². The minimum absolute atomic E-state index is 0.0730. The summed E-state index contributed by atoms with van der Waals surface area (Å²) in [7, 11) is 0. The number of hydrogen-bond acceptors (Lipinski definition) is 4. The van der Waals surface area contributed by atoms with Crippen molar-refractivity contribution in [3.05, 3.63) is 40.5 Å². The Hall–Kier alpha value is -1.82. The number of ether oxygens (including phenoxy) is 1. The number of furan rings is 1. The molecule has 0 amide bonds. The molecule has 0 aliphatic heterocycles. The van der Waals surface area contributed by atoms with Gasteiger partial charge in [0.15, 0.2) is 5.82 Å². The maximum absolute atomic E-state index is 11.7. The van der Waals surface area contributed by atoms with E-state index in [-0.39, 0.29) is 17.9 Å². The maximum Gasteiger partial charge on any atom is 0.343 e. The van der Waals surface area contributed by atoms with E-state index in [0.29, 0.717) is 18.1 Å².